The molecule has 0 aliphatic heterocycles. The van der Waals surface area contributed by atoms with E-state index >= 15 is 0 Å². The van der Waals surface area contributed by atoms with Crippen molar-refractivity contribution in [1.82, 2.24) is 5.43 Å². The van der Waals surface area contributed by atoms with Gasteiger partial charge in [-0.1, -0.05) is 23.2 Å². The second-order valence-corrected chi connectivity index (χ2v) is 6.05. The van der Waals surface area contributed by atoms with Gasteiger partial charge in [0.25, 0.3) is 0 Å². The molecular weight excluding hydrogens is 381 g/mol. The first-order chi connectivity index (χ1) is 12.3. The fraction of sp³-hybridized carbons (Fsp3) is 0.118. The molecule has 136 valence electrons. The molecular formula is C17H15Cl2N3O4. The number of hydrogen-bond donors (Lipinski definition) is 4. The van der Waals surface area contributed by atoms with Crippen molar-refractivity contribution >= 4 is 46.9 Å². The quantitative estimate of drug-likeness (QED) is 0.444. The van der Waals surface area contributed by atoms with Crippen LogP contribution in [-0.4, -0.2) is 28.2 Å². The third-order valence-corrected chi connectivity index (χ3v) is 3.74. The number of aromatic hydroxyl groups is 2. The van der Waals surface area contributed by atoms with Crippen molar-refractivity contribution in [2.45, 2.75) is 12.8 Å². The van der Waals surface area contributed by atoms with E-state index in [0.29, 0.717) is 21.3 Å². The van der Waals surface area contributed by atoms with E-state index in [4.69, 9.17) is 23.2 Å². The van der Waals surface area contributed by atoms with E-state index in [-0.39, 0.29) is 30.2 Å². The topological polar surface area (TPSA) is 111 Å². The molecule has 0 aliphatic rings. The van der Waals surface area contributed by atoms with Crippen LogP contribution in [0.3, 0.4) is 0 Å². The van der Waals surface area contributed by atoms with Gasteiger partial charge in [0.2, 0.25) is 11.8 Å². The highest BCUT2D eigenvalue weighted by molar-refractivity contribution is 6.36. The van der Waals surface area contributed by atoms with Gasteiger partial charge in [-0.2, -0.15) is 5.10 Å². The molecule has 2 aromatic carbocycles. The molecule has 0 atom stereocenters. The standard InChI is InChI=1S/C17H15Cl2N3O4/c18-11-2-4-14(13(19)7-11)21-16(25)5-6-17(26)22-20-9-10-1-3-12(23)8-15(10)24/h1-4,7-9,23-24H,5-6H2,(H,21,25)(H,22,26)/b20-9+. The minimum atomic E-state index is -0.475. The fourth-order valence-corrected chi connectivity index (χ4v) is 2.36. The molecule has 26 heavy (non-hydrogen) atoms. The highest BCUT2D eigenvalue weighted by atomic mass is 35.5. The lowest BCUT2D eigenvalue weighted by Gasteiger charge is -2.07. The minimum absolute atomic E-state index is 0.0647. The number of phenols is 2. The summed E-state index contributed by atoms with van der Waals surface area (Å²) in [5.41, 5.74) is 2.97. The third kappa shape index (κ3) is 5.94. The molecule has 0 fully saturated rings. The zero-order valence-corrected chi connectivity index (χ0v) is 14.9. The number of hydrogen-bond acceptors (Lipinski definition) is 5. The van der Waals surface area contributed by atoms with Gasteiger partial charge in [0.05, 0.1) is 16.9 Å². The maximum atomic E-state index is 11.8. The van der Waals surface area contributed by atoms with Crippen LogP contribution >= 0.6 is 23.2 Å². The average molecular weight is 396 g/mol. The van der Waals surface area contributed by atoms with Crippen LogP contribution in [0.4, 0.5) is 5.69 Å². The lowest BCUT2D eigenvalue weighted by Crippen LogP contribution is -2.20. The second kappa shape index (κ2) is 9.07. The molecule has 2 aromatic rings. The molecule has 0 heterocycles. The Morgan fingerprint density at radius 3 is 2.46 bits per heavy atom. The number of carbonyl (C=O) groups excluding carboxylic acids is 2. The summed E-state index contributed by atoms with van der Waals surface area (Å²) in [6.45, 7) is 0. The maximum Gasteiger partial charge on any atom is 0.240 e. The molecule has 2 amide bonds. The first-order valence-electron chi connectivity index (χ1n) is 7.44. The molecule has 2 rings (SSSR count). The highest BCUT2D eigenvalue weighted by Crippen LogP contribution is 2.25. The largest absolute Gasteiger partial charge is 0.508 e. The molecule has 4 N–H and O–H groups in total. The Labute approximate surface area is 159 Å². The zero-order chi connectivity index (χ0) is 19.1. The molecule has 7 nitrogen and oxygen atoms in total. The van der Waals surface area contributed by atoms with Gasteiger partial charge in [-0.05, 0) is 30.3 Å². The smallest absolute Gasteiger partial charge is 0.240 e. The third-order valence-electron chi connectivity index (χ3n) is 3.19. The summed E-state index contributed by atoms with van der Waals surface area (Å²) >= 11 is 11.7. The van der Waals surface area contributed by atoms with Gasteiger partial charge in [0.15, 0.2) is 0 Å². The lowest BCUT2D eigenvalue weighted by atomic mass is 10.2. The predicted octanol–water partition coefficient (Wildman–Crippen LogP) is 3.27. The molecule has 0 unspecified atom stereocenters. The monoisotopic (exact) mass is 395 g/mol. The number of nitrogens with one attached hydrogen (secondary N) is 2. The Hall–Kier alpha value is -2.77. The minimum Gasteiger partial charge on any atom is -0.508 e. The van der Waals surface area contributed by atoms with Crippen molar-refractivity contribution in [3.8, 4) is 11.5 Å². The Kier molecular flexibility index (Phi) is 6.82. The predicted molar refractivity (Wildman–Crippen MR) is 99.8 cm³/mol. The summed E-state index contributed by atoms with van der Waals surface area (Å²) in [5, 5.41) is 25.8. The first kappa shape index (κ1) is 19.6. The number of phenolic OH excluding ortho intramolecular Hbond substituents is 2. The Morgan fingerprint density at radius 2 is 1.77 bits per heavy atom. The van der Waals surface area contributed by atoms with Gasteiger partial charge in [0, 0.05) is 29.5 Å². The van der Waals surface area contributed by atoms with Crippen LogP contribution in [0.2, 0.25) is 10.0 Å². The van der Waals surface area contributed by atoms with Gasteiger partial charge in [0.1, 0.15) is 11.5 Å². The van der Waals surface area contributed by atoms with Gasteiger partial charge in [-0.3, -0.25) is 9.59 Å². The second-order valence-electron chi connectivity index (χ2n) is 5.21. The number of anilines is 1. The van der Waals surface area contributed by atoms with E-state index in [1.165, 1.54) is 24.4 Å². The summed E-state index contributed by atoms with van der Waals surface area (Å²) in [6, 6.07) is 8.60. The van der Waals surface area contributed by atoms with Crippen molar-refractivity contribution in [2.75, 3.05) is 5.32 Å². The van der Waals surface area contributed by atoms with Crippen molar-refractivity contribution < 1.29 is 19.8 Å². The number of hydrazone groups is 1. The lowest BCUT2D eigenvalue weighted by molar-refractivity contribution is -0.124. The maximum absolute atomic E-state index is 11.8. The molecule has 0 bridgehead atoms. The van der Waals surface area contributed by atoms with Gasteiger partial charge in [-0.15, -0.1) is 0 Å². The normalized spacial score (nSPS) is 10.7. The van der Waals surface area contributed by atoms with Crippen molar-refractivity contribution in [3.05, 3.63) is 52.0 Å². The summed E-state index contributed by atoms with van der Waals surface area (Å²) in [4.78, 5) is 23.5. The van der Waals surface area contributed by atoms with Crippen LogP contribution in [-0.2, 0) is 9.59 Å². The molecule has 0 saturated carbocycles. The number of rotatable bonds is 6. The van der Waals surface area contributed by atoms with E-state index in [0.717, 1.165) is 6.07 Å². The summed E-state index contributed by atoms with van der Waals surface area (Å²) < 4.78 is 0. The fourth-order valence-electron chi connectivity index (χ4n) is 1.90. The van der Waals surface area contributed by atoms with Crippen molar-refractivity contribution in [1.29, 1.82) is 0 Å². The van der Waals surface area contributed by atoms with Crippen LogP contribution in [0, 0.1) is 0 Å². The molecule has 0 saturated heterocycles. The van der Waals surface area contributed by atoms with Crippen LogP contribution < -0.4 is 10.7 Å². The van der Waals surface area contributed by atoms with Crippen LogP contribution in [0.15, 0.2) is 41.5 Å². The molecule has 0 spiro atoms. The summed E-state index contributed by atoms with van der Waals surface area (Å²) in [6.07, 6.45) is 1.07. The first-order valence-corrected chi connectivity index (χ1v) is 8.19. The number of nitrogens with zero attached hydrogens (tertiary/aromatic N) is 1. The van der Waals surface area contributed by atoms with E-state index in [1.807, 2.05) is 0 Å². The molecule has 9 heteroatoms. The van der Waals surface area contributed by atoms with Gasteiger partial charge in [-0.25, -0.2) is 5.43 Å². The van der Waals surface area contributed by atoms with Gasteiger partial charge >= 0.3 is 0 Å². The van der Waals surface area contributed by atoms with E-state index in [1.54, 1.807) is 12.1 Å². The Bertz CT molecular complexity index is 856. The van der Waals surface area contributed by atoms with E-state index in [9.17, 15) is 19.8 Å². The summed E-state index contributed by atoms with van der Waals surface area (Å²) in [7, 11) is 0. The molecule has 0 radical (unpaired) electrons. The van der Waals surface area contributed by atoms with E-state index in [2.05, 4.69) is 15.8 Å². The number of benzene rings is 2. The van der Waals surface area contributed by atoms with Crippen molar-refractivity contribution in [3.63, 3.8) is 0 Å². The molecule has 0 aromatic heterocycles. The highest BCUT2D eigenvalue weighted by Gasteiger charge is 2.09. The Balaban J connectivity index is 1.79. The SMILES string of the molecule is O=C(CCC(=O)Nc1ccc(Cl)cc1Cl)N/N=C/c1ccc(O)cc1O. The van der Waals surface area contributed by atoms with Crippen LogP contribution in [0.25, 0.3) is 0 Å². The number of halogens is 2. The van der Waals surface area contributed by atoms with Gasteiger partial charge < -0.3 is 15.5 Å². The Morgan fingerprint density at radius 1 is 1.04 bits per heavy atom. The van der Waals surface area contributed by atoms with Crippen molar-refractivity contribution in [2.24, 2.45) is 5.10 Å². The van der Waals surface area contributed by atoms with E-state index < -0.39 is 5.91 Å². The number of amides is 2. The zero-order valence-electron chi connectivity index (χ0n) is 13.4. The van der Waals surface area contributed by atoms with Crippen LogP contribution in [0.5, 0.6) is 11.5 Å². The summed E-state index contributed by atoms with van der Waals surface area (Å²) in [5.74, 6) is -1.13. The average Bonchev–Trinajstić information content (AvgIpc) is 2.57. The van der Waals surface area contributed by atoms with Crippen LogP contribution in [0.1, 0.15) is 18.4 Å². The number of carbonyl (C=O) groups is 2. The molecule has 0 aliphatic carbocycles.